The molecule has 117 valence electrons. The first kappa shape index (κ1) is 22.6. The van der Waals surface area contributed by atoms with Crippen molar-refractivity contribution in [3.8, 4) is 0 Å². The number of carbonyl (C=O) groups excluding carboxylic acids is 3. The average Bonchev–Trinajstić information content (AvgIpc) is 2.36. The molecule has 0 aliphatic heterocycles. The number of carboxylic acids is 1. The minimum Gasteiger partial charge on any atom is -0.480 e. The molecule has 6 heteroatoms. The maximum Gasteiger partial charge on any atom is 0.325 e. The summed E-state index contributed by atoms with van der Waals surface area (Å²) in [4.78, 5) is 47.7. The molecular weight excluding hydrogens is 351 g/mol. The number of rotatable bonds is 11. The van der Waals surface area contributed by atoms with Crippen molar-refractivity contribution in [2.45, 2.75) is 59.3 Å². The molecular formula is C15H23O5Zr. The van der Waals surface area contributed by atoms with Crippen LogP contribution < -0.4 is 0 Å². The van der Waals surface area contributed by atoms with Crippen LogP contribution in [0.5, 0.6) is 0 Å². The van der Waals surface area contributed by atoms with E-state index in [-0.39, 0.29) is 45.5 Å². The van der Waals surface area contributed by atoms with Gasteiger partial charge in [0.05, 0.1) is 6.42 Å². The molecule has 0 saturated heterocycles. The smallest absolute Gasteiger partial charge is 0.325 e. The zero-order valence-electron chi connectivity index (χ0n) is 12.9. The summed E-state index contributed by atoms with van der Waals surface area (Å²) >= 11 is 0. The van der Waals surface area contributed by atoms with E-state index >= 15 is 0 Å². The Balaban J connectivity index is 0. The van der Waals surface area contributed by atoms with Gasteiger partial charge in [0.25, 0.3) is 0 Å². The summed E-state index contributed by atoms with van der Waals surface area (Å²) in [5.41, 5.74) is -2.29. The summed E-state index contributed by atoms with van der Waals surface area (Å²) in [6.07, 6.45) is 2.30. The SMILES string of the molecule is CCCC(=O)[CH]C(C(=O)O)(C(=O)CCC)C(=O)CCC.[Zr]. The second-order valence-corrected chi connectivity index (χ2v) is 4.82. The Bertz CT molecular complexity index is 372. The maximum atomic E-state index is 12.2. The van der Waals surface area contributed by atoms with Crippen LogP contribution in [0.3, 0.4) is 0 Å². The molecule has 5 nitrogen and oxygen atoms in total. The van der Waals surface area contributed by atoms with Crippen LogP contribution in [0.1, 0.15) is 59.3 Å². The number of ketones is 3. The summed E-state index contributed by atoms with van der Waals surface area (Å²) in [5.74, 6) is -3.41. The topological polar surface area (TPSA) is 88.5 Å². The van der Waals surface area contributed by atoms with Gasteiger partial charge in [0.15, 0.2) is 17.0 Å². The fourth-order valence-electron chi connectivity index (χ4n) is 2.03. The molecule has 0 unspecified atom stereocenters. The first-order chi connectivity index (χ1) is 9.36. The summed E-state index contributed by atoms with van der Waals surface area (Å²) in [5, 5.41) is 9.41. The van der Waals surface area contributed by atoms with E-state index in [0.29, 0.717) is 19.3 Å². The third kappa shape index (κ3) is 5.93. The van der Waals surface area contributed by atoms with Gasteiger partial charge in [0.2, 0.25) is 0 Å². The Morgan fingerprint density at radius 3 is 1.52 bits per heavy atom. The van der Waals surface area contributed by atoms with Crippen LogP contribution in [0.25, 0.3) is 0 Å². The molecule has 0 atom stereocenters. The monoisotopic (exact) mass is 373 g/mol. The van der Waals surface area contributed by atoms with E-state index in [1.54, 1.807) is 20.8 Å². The van der Waals surface area contributed by atoms with E-state index in [2.05, 4.69) is 0 Å². The van der Waals surface area contributed by atoms with E-state index in [1.807, 2.05) is 0 Å². The van der Waals surface area contributed by atoms with Gasteiger partial charge in [0, 0.05) is 45.5 Å². The second kappa shape index (κ2) is 11.0. The van der Waals surface area contributed by atoms with Gasteiger partial charge in [-0.25, -0.2) is 0 Å². The van der Waals surface area contributed by atoms with Crippen molar-refractivity contribution < 1.29 is 50.5 Å². The molecule has 0 aliphatic carbocycles. The van der Waals surface area contributed by atoms with E-state index in [9.17, 15) is 24.3 Å². The number of aliphatic carboxylic acids is 1. The van der Waals surface area contributed by atoms with Crippen LogP contribution in [0.2, 0.25) is 0 Å². The fourth-order valence-corrected chi connectivity index (χ4v) is 2.03. The zero-order valence-corrected chi connectivity index (χ0v) is 15.4. The van der Waals surface area contributed by atoms with Gasteiger partial charge in [-0.05, 0) is 19.3 Å². The predicted octanol–water partition coefficient (Wildman–Crippen LogP) is 2.37. The molecule has 0 aromatic rings. The van der Waals surface area contributed by atoms with Gasteiger partial charge in [-0.15, -0.1) is 0 Å². The van der Waals surface area contributed by atoms with Crippen LogP contribution in [-0.2, 0) is 45.4 Å². The average molecular weight is 375 g/mol. The Morgan fingerprint density at radius 1 is 0.857 bits per heavy atom. The third-order valence-corrected chi connectivity index (χ3v) is 3.05. The third-order valence-electron chi connectivity index (χ3n) is 3.05. The number of carboxylic acid groups (broad SMARTS) is 1. The number of carbonyl (C=O) groups is 4. The Kier molecular flexibility index (Phi) is 11.9. The van der Waals surface area contributed by atoms with Crippen molar-refractivity contribution in [3.63, 3.8) is 0 Å². The molecule has 1 N–H and O–H groups in total. The molecule has 0 amide bonds. The van der Waals surface area contributed by atoms with Gasteiger partial charge in [0.1, 0.15) is 5.78 Å². The van der Waals surface area contributed by atoms with Crippen LogP contribution >= 0.6 is 0 Å². The largest absolute Gasteiger partial charge is 0.480 e. The molecule has 0 heterocycles. The van der Waals surface area contributed by atoms with Crippen molar-refractivity contribution in [1.82, 2.24) is 0 Å². The molecule has 0 saturated carbocycles. The molecule has 0 aliphatic rings. The summed E-state index contributed by atoms with van der Waals surface area (Å²) in [7, 11) is 0. The van der Waals surface area contributed by atoms with Crippen molar-refractivity contribution in [2.75, 3.05) is 0 Å². The summed E-state index contributed by atoms with van der Waals surface area (Å²) < 4.78 is 0. The van der Waals surface area contributed by atoms with Crippen LogP contribution in [0.4, 0.5) is 0 Å². The maximum absolute atomic E-state index is 12.2. The van der Waals surface area contributed by atoms with Crippen molar-refractivity contribution in [2.24, 2.45) is 5.41 Å². The van der Waals surface area contributed by atoms with Crippen molar-refractivity contribution >= 4 is 23.3 Å². The summed E-state index contributed by atoms with van der Waals surface area (Å²) in [6, 6.07) is 0. The Morgan fingerprint density at radius 2 is 1.24 bits per heavy atom. The summed E-state index contributed by atoms with van der Waals surface area (Å²) in [6.45, 7) is 5.22. The minimum atomic E-state index is -2.29. The first-order valence-corrected chi connectivity index (χ1v) is 7.05. The molecule has 1 radical (unpaired) electrons. The predicted molar refractivity (Wildman–Crippen MR) is 74.1 cm³/mol. The normalized spacial score (nSPS) is 10.6. The molecule has 0 fully saturated rings. The molecule has 0 bridgehead atoms. The van der Waals surface area contributed by atoms with Crippen molar-refractivity contribution in [1.29, 1.82) is 0 Å². The van der Waals surface area contributed by atoms with E-state index in [0.717, 1.165) is 6.42 Å². The van der Waals surface area contributed by atoms with Gasteiger partial charge in [-0.3, -0.25) is 19.2 Å². The Labute approximate surface area is 145 Å². The van der Waals surface area contributed by atoms with Gasteiger partial charge < -0.3 is 5.11 Å². The molecule has 0 rings (SSSR count). The zero-order chi connectivity index (χ0) is 15.8. The van der Waals surface area contributed by atoms with E-state index < -0.39 is 28.7 Å². The van der Waals surface area contributed by atoms with Gasteiger partial charge in [-0.1, -0.05) is 20.8 Å². The molecule has 0 aromatic heterocycles. The minimum absolute atomic E-state index is 0. The van der Waals surface area contributed by atoms with Crippen LogP contribution in [0.15, 0.2) is 0 Å². The first-order valence-electron chi connectivity index (χ1n) is 7.05. The number of hydrogen-bond acceptors (Lipinski definition) is 4. The fraction of sp³-hybridized carbons (Fsp3) is 0.667. The second-order valence-electron chi connectivity index (χ2n) is 4.82. The van der Waals surface area contributed by atoms with Crippen LogP contribution in [-0.4, -0.2) is 28.4 Å². The van der Waals surface area contributed by atoms with E-state index in [1.165, 1.54) is 0 Å². The van der Waals surface area contributed by atoms with Crippen molar-refractivity contribution in [3.05, 3.63) is 6.42 Å². The molecule has 0 aromatic carbocycles. The van der Waals surface area contributed by atoms with Gasteiger partial charge >= 0.3 is 5.97 Å². The Hall–Kier alpha value is -0.637. The standard InChI is InChI=1S/C15H23O5.Zr/c1-4-7-11(16)10-15(14(19)20,12(17)8-5-2)13(18)9-6-3;/h10H,4-9H2,1-3H3,(H,19,20);. The molecule has 0 spiro atoms. The van der Waals surface area contributed by atoms with E-state index in [4.69, 9.17) is 0 Å². The molecule has 21 heavy (non-hydrogen) atoms. The quantitative estimate of drug-likeness (QED) is 0.561. The van der Waals surface area contributed by atoms with Crippen LogP contribution in [0, 0.1) is 11.8 Å². The van der Waals surface area contributed by atoms with Gasteiger partial charge in [-0.2, -0.15) is 0 Å². The number of hydrogen-bond donors (Lipinski definition) is 1. The number of Topliss-reactive ketones (excluding diaryl/α,β-unsaturated/α-hetero) is 3.